The number of amides is 1. The molecule has 1 amide bonds. The molecule has 2 aromatic carbocycles. The number of benzene rings is 2. The molecule has 130 valence electrons. The number of hydrogen-bond donors (Lipinski definition) is 2. The molecule has 2 aromatic heterocycles. The minimum Gasteiger partial charge on any atom is -0.341 e. The normalized spacial score (nSPS) is 11.0. The van der Waals surface area contributed by atoms with Crippen molar-refractivity contribution in [1.29, 1.82) is 0 Å². The summed E-state index contributed by atoms with van der Waals surface area (Å²) >= 11 is 0. The molecule has 5 heteroatoms. The van der Waals surface area contributed by atoms with Crippen LogP contribution in [0.5, 0.6) is 0 Å². The lowest BCUT2D eigenvalue weighted by Gasteiger charge is -2.06. The van der Waals surface area contributed by atoms with Crippen molar-refractivity contribution in [3.8, 4) is 0 Å². The maximum atomic E-state index is 12.6. The van der Waals surface area contributed by atoms with Gasteiger partial charge in [-0.1, -0.05) is 48.0 Å². The zero-order valence-corrected chi connectivity index (χ0v) is 14.8. The number of nitrogens with one attached hydrogen (secondary N) is 2. The van der Waals surface area contributed by atoms with Crippen molar-refractivity contribution in [2.24, 2.45) is 0 Å². The highest BCUT2D eigenvalue weighted by atomic mass is 16.1. The van der Waals surface area contributed by atoms with Crippen molar-refractivity contribution < 1.29 is 4.79 Å². The van der Waals surface area contributed by atoms with Gasteiger partial charge in [-0.25, -0.2) is 0 Å². The van der Waals surface area contributed by atoms with Crippen molar-refractivity contribution in [2.45, 2.75) is 20.4 Å². The zero-order valence-electron chi connectivity index (χ0n) is 14.8. The first-order chi connectivity index (χ1) is 12.6. The molecule has 0 fully saturated rings. The van der Waals surface area contributed by atoms with Gasteiger partial charge >= 0.3 is 0 Å². The number of rotatable bonds is 4. The number of hydrogen-bond acceptors (Lipinski definition) is 2. The highest BCUT2D eigenvalue weighted by Crippen LogP contribution is 2.27. The molecule has 0 aliphatic carbocycles. The predicted octanol–water partition coefficient (Wildman–Crippen LogP) is 4.28. The molecule has 0 bridgehead atoms. The molecular weight excluding hydrogens is 324 g/mol. The summed E-state index contributed by atoms with van der Waals surface area (Å²) in [7, 11) is 0. The summed E-state index contributed by atoms with van der Waals surface area (Å²) in [5, 5.41) is 10.8. The minimum atomic E-state index is -0.158. The van der Waals surface area contributed by atoms with Gasteiger partial charge in [0.2, 0.25) is 0 Å². The Bertz CT molecular complexity index is 1070. The molecule has 26 heavy (non-hydrogen) atoms. The second-order valence-electron chi connectivity index (χ2n) is 6.51. The van der Waals surface area contributed by atoms with E-state index in [2.05, 4.69) is 57.3 Å². The first kappa shape index (κ1) is 16.1. The number of anilines is 1. The summed E-state index contributed by atoms with van der Waals surface area (Å²) in [6, 6.07) is 16.6. The summed E-state index contributed by atoms with van der Waals surface area (Å²) in [5.41, 5.74) is 5.60. The van der Waals surface area contributed by atoms with Crippen molar-refractivity contribution in [1.82, 2.24) is 14.8 Å². The Labute approximate surface area is 151 Å². The van der Waals surface area contributed by atoms with Crippen LogP contribution < -0.4 is 5.32 Å². The zero-order chi connectivity index (χ0) is 18.1. The van der Waals surface area contributed by atoms with Gasteiger partial charge in [0.15, 0.2) is 0 Å². The summed E-state index contributed by atoms with van der Waals surface area (Å²) in [4.78, 5) is 12.6. The molecule has 4 aromatic rings. The van der Waals surface area contributed by atoms with Crippen LogP contribution >= 0.6 is 0 Å². The van der Waals surface area contributed by atoms with Crippen LogP contribution in [0.2, 0.25) is 0 Å². The third kappa shape index (κ3) is 2.99. The van der Waals surface area contributed by atoms with E-state index in [0.29, 0.717) is 11.3 Å². The Hall–Kier alpha value is -3.34. The third-order valence-corrected chi connectivity index (χ3v) is 4.59. The third-order valence-electron chi connectivity index (χ3n) is 4.59. The number of para-hydroxylation sites is 1. The van der Waals surface area contributed by atoms with Crippen LogP contribution in [0.3, 0.4) is 0 Å². The second-order valence-corrected chi connectivity index (χ2v) is 6.51. The largest absolute Gasteiger partial charge is 0.341 e. The van der Waals surface area contributed by atoms with Crippen LogP contribution in [-0.4, -0.2) is 20.7 Å². The maximum absolute atomic E-state index is 12.6. The van der Waals surface area contributed by atoms with Crippen molar-refractivity contribution in [3.63, 3.8) is 0 Å². The molecule has 0 aliphatic rings. The molecule has 0 atom stereocenters. The van der Waals surface area contributed by atoms with Gasteiger partial charge in [0.25, 0.3) is 5.91 Å². The van der Waals surface area contributed by atoms with Gasteiger partial charge in [-0.15, -0.1) is 0 Å². The lowest BCUT2D eigenvalue weighted by atomic mass is 10.1. The fourth-order valence-electron chi connectivity index (χ4n) is 3.15. The van der Waals surface area contributed by atoms with Crippen LogP contribution in [0.1, 0.15) is 27.2 Å². The van der Waals surface area contributed by atoms with Gasteiger partial charge in [0, 0.05) is 24.3 Å². The molecule has 4 rings (SSSR count). The van der Waals surface area contributed by atoms with Gasteiger partial charge < -0.3 is 9.88 Å². The molecule has 0 saturated carbocycles. The van der Waals surface area contributed by atoms with Gasteiger partial charge in [0.1, 0.15) is 0 Å². The van der Waals surface area contributed by atoms with E-state index in [1.54, 1.807) is 6.20 Å². The lowest BCUT2D eigenvalue weighted by Crippen LogP contribution is -2.12. The Balaban J connectivity index is 1.68. The fourth-order valence-corrected chi connectivity index (χ4v) is 3.15. The van der Waals surface area contributed by atoms with Gasteiger partial charge in [-0.2, -0.15) is 5.10 Å². The van der Waals surface area contributed by atoms with E-state index >= 15 is 0 Å². The topological polar surface area (TPSA) is 62.7 Å². The number of H-pyrrole nitrogens is 1. The number of aromatic nitrogens is 3. The van der Waals surface area contributed by atoms with Crippen molar-refractivity contribution in [3.05, 3.63) is 83.3 Å². The van der Waals surface area contributed by atoms with Crippen molar-refractivity contribution >= 4 is 22.5 Å². The number of nitrogens with zero attached hydrogens (tertiary/aromatic N) is 2. The number of fused-ring (bicyclic) bond motifs is 1. The van der Waals surface area contributed by atoms with E-state index in [1.807, 2.05) is 31.3 Å². The molecule has 0 unspecified atom stereocenters. The average molecular weight is 344 g/mol. The molecule has 0 radical (unpaired) electrons. The lowest BCUT2D eigenvalue weighted by molar-refractivity contribution is 0.102. The molecular formula is C21H20N4O. The quantitative estimate of drug-likeness (QED) is 0.580. The fraction of sp³-hybridized carbons (Fsp3) is 0.143. The van der Waals surface area contributed by atoms with E-state index in [4.69, 9.17) is 0 Å². The van der Waals surface area contributed by atoms with E-state index < -0.39 is 0 Å². The van der Waals surface area contributed by atoms with E-state index in [1.165, 1.54) is 11.1 Å². The number of carbonyl (C=O) groups excluding carboxylic acids is 1. The van der Waals surface area contributed by atoms with Crippen molar-refractivity contribution in [2.75, 3.05) is 5.32 Å². The molecule has 5 nitrogen and oxygen atoms in total. The van der Waals surface area contributed by atoms with Crippen LogP contribution in [0, 0.1) is 13.8 Å². The summed E-state index contributed by atoms with van der Waals surface area (Å²) < 4.78 is 2.16. The Morgan fingerprint density at radius 3 is 2.62 bits per heavy atom. The SMILES string of the molecule is Cc1ccc(Cn2cc(NC(=O)c3c[nH]nc3C)c3ccccc32)cc1. The standard InChI is InChI=1S/C21H20N4O/c1-14-7-9-16(10-8-14)12-25-13-19(17-5-3-4-6-20(17)25)23-21(26)18-11-22-24-15(18)2/h3-11,13H,12H2,1-2H3,(H,22,24)(H,23,26). The van der Waals surface area contributed by atoms with Gasteiger partial charge in [0.05, 0.1) is 22.5 Å². The van der Waals surface area contributed by atoms with E-state index in [-0.39, 0.29) is 5.91 Å². The van der Waals surface area contributed by atoms with Gasteiger partial charge in [-0.3, -0.25) is 9.89 Å². The monoisotopic (exact) mass is 344 g/mol. The van der Waals surface area contributed by atoms with Gasteiger partial charge in [-0.05, 0) is 25.5 Å². The van der Waals surface area contributed by atoms with Crippen LogP contribution in [0.15, 0.2) is 60.9 Å². The van der Waals surface area contributed by atoms with Crippen LogP contribution in [-0.2, 0) is 6.54 Å². The number of aryl methyl sites for hydroxylation is 2. The number of carbonyl (C=O) groups is 1. The maximum Gasteiger partial charge on any atom is 0.259 e. The smallest absolute Gasteiger partial charge is 0.259 e. The Kier molecular flexibility index (Phi) is 4.05. The highest BCUT2D eigenvalue weighted by Gasteiger charge is 2.15. The van der Waals surface area contributed by atoms with E-state index in [9.17, 15) is 4.79 Å². The average Bonchev–Trinajstić information content (AvgIpc) is 3.22. The first-order valence-electron chi connectivity index (χ1n) is 8.57. The molecule has 0 saturated heterocycles. The van der Waals surface area contributed by atoms with Crippen LogP contribution in [0.4, 0.5) is 5.69 Å². The summed E-state index contributed by atoms with van der Waals surface area (Å²) in [6.45, 7) is 4.65. The summed E-state index contributed by atoms with van der Waals surface area (Å²) in [5.74, 6) is -0.158. The van der Waals surface area contributed by atoms with E-state index in [0.717, 1.165) is 23.1 Å². The summed E-state index contributed by atoms with van der Waals surface area (Å²) in [6.07, 6.45) is 3.62. The molecule has 2 heterocycles. The molecule has 2 N–H and O–H groups in total. The predicted molar refractivity (Wildman–Crippen MR) is 103 cm³/mol. The Morgan fingerprint density at radius 1 is 1.12 bits per heavy atom. The molecule has 0 spiro atoms. The number of aromatic amines is 1. The Morgan fingerprint density at radius 2 is 1.88 bits per heavy atom. The highest BCUT2D eigenvalue weighted by molar-refractivity contribution is 6.09. The first-order valence-corrected chi connectivity index (χ1v) is 8.57. The molecule has 0 aliphatic heterocycles. The van der Waals surface area contributed by atoms with Crippen LogP contribution in [0.25, 0.3) is 10.9 Å². The second kappa shape index (κ2) is 6.52. The minimum absolute atomic E-state index is 0.158.